The van der Waals surface area contributed by atoms with Gasteiger partial charge in [0.25, 0.3) is 11.8 Å². The Labute approximate surface area is 191 Å². The molecule has 0 aromatic heterocycles. The molecule has 0 fully saturated rings. The molecule has 0 radical (unpaired) electrons. The Morgan fingerprint density at radius 1 is 1.09 bits per heavy atom. The largest absolute Gasteiger partial charge is 0.375 e. The lowest BCUT2D eigenvalue weighted by Crippen LogP contribution is -2.46. The molecule has 9 heteroatoms. The van der Waals surface area contributed by atoms with Crippen molar-refractivity contribution in [1.29, 1.82) is 0 Å². The molecular weight excluding hydrogens is 412 g/mol. The molecule has 4 amide bonds. The summed E-state index contributed by atoms with van der Waals surface area (Å²) in [6.45, 7) is 13.5. The van der Waals surface area contributed by atoms with Crippen LogP contribution in [0.4, 0.5) is 0 Å². The Bertz CT molecular complexity index is 685. The lowest BCUT2D eigenvalue weighted by atomic mass is 9.89. The molecule has 1 aliphatic rings. The molecule has 0 spiro atoms. The highest BCUT2D eigenvalue weighted by atomic mass is 16.5. The lowest BCUT2D eigenvalue weighted by molar-refractivity contribution is -0.137. The van der Waals surface area contributed by atoms with Gasteiger partial charge < -0.3 is 10.1 Å². The van der Waals surface area contributed by atoms with Crippen molar-refractivity contribution >= 4 is 23.6 Å². The fraction of sp³-hybridized carbons (Fsp3) is 0.739. The standard InChI is InChI=1S/C23H40N4O5/c1-7-17(2)16-25-26-21(31)22(3,4)12-15-32-23(5,6)11-13-24-18(28)10-14-27-19(29)8-9-20(27)30/h8-9,17,25H,7,10-16H2,1-6H3,(H,24,28)(H,26,31). The number of imide groups is 1. The summed E-state index contributed by atoms with van der Waals surface area (Å²) < 4.78 is 5.97. The summed E-state index contributed by atoms with van der Waals surface area (Å²) in [6.07, 6.45) is 4.67. The van der Waals surface area contributed by atoms with Crippen molar-refractivity contribution in [3.63, 3.8) is 0 Å². The molecule has 1 aliphatic heterocycles. The molecule has 0 aromatic rings. The quantitative estimate of drug-likeness (QED) is 0.257. The number of nitrogens with one attached hydrogen (secondary N) is 3. The highest BCUT2D eigenvalue weighted by molar-refractivity contribution is 6.13. The smallest absolute Gasteiger partial charge is 0.253 e. The minimum Gasteiger partial charge on any atom is -0.375 e. The first-order chi connectivity index (χ1) is 14.9. The lowest BCUT2D eigenvalue weighted by Gasteiger charge is -2.29. The van der Waals surface area contributed by atoms with Crippen LogP contribution in [0.25, 0.3) is 0 Å². The van der Waals surface area contributed by atoms with Crippen LogP contribution in [0.5, 0.6) is 0 Å². The van der Waals surface area contributed by atoms with Gasteiger partial charge in [-0.3, -0.25) is 29.5 Å². The van der Waals surface area contributed by atoms with E-state index in [1.54, 1.807) is 0 Å². The molecule has 0 saturated heterocycles. The third-order valence-electron chi connectivity index (χ3n) is 5.70. The average Bonchev–Trinajstić information content (AvgIpc) is 3.03. The Hall–Kier alpha value is -2.26. The van der Waals surface area contributed by atoms with Crippen molar-refractivity contribution in [3.8, 4) is 0 Å². The first-order valence-corrected chi connectivity index (χ1v) is 11.4. The van der Waals surface area contributed by atoms with Crippen LogP contribution in [-0.4, -0.2) is 60.4 Å². The molecule has 9 nitrogen and oxygen atoms in total. The van der Waals surface area contributed by atoms with Crippen molar-refractivity contribution in [1.82, 2.24) is 21.1 Å². The fourth-order valence-electron chi connectivity index (χ4n) is 2.84. The van der Waals surface area contributed by atoms with E-state index < -0.39 is 11.0 Å². The van der Waals surface area contributed by atoms with E-state index in [4.69, 9.17) is 4.74 Å². The van der Waals surface area contributed by atoms with Gasteiger partial charge in [-0.1, -0.05) is 34.1 Å². The van der Waals surface area contributed by atoms with E-state index in [9.17, 15) is 19.2 Å². The maximum absolute atomic E-state index is 12.4. The molecule has 1 heterocycles. The van der Waals surface area contributed by atoms with Crippen LogP contribution in [-0.2, 0) is 23.9 Å². The summed E-state index contributed by atoms with van der Waals surface area (Å²) in [7, 11) is 0. The highest BCUT2D eigenvalue weighted by Gasteiger charge is 2.29. The number of ether oxygens (including phenoxy) is 1. The number of hydrazine groups is 1. The Morgan fingerprint density at radius 2 is 1.72 bits per heavy atom. The SMILES string of the molecule is CCC(C)CNNC(=O)C(C)(C)CCOC(C)(C)CCNC(=O)CCN1C(=O)C=CC1=O. The van der Waals surface area contributed by atoms with Gasteiger partial charge >= 0.3 is 0 Å². The van der Waals surface area contributed by atoms with E-state index in [2.05, 4.69) is 30.0 Å². The summed E-state index contributed by atoms with van der Waals surface area (Å²) in [5.74, 6) is -0.582. The summed E-state index contributed by atoms with van der Waals surface area (Å²) in [6, 6.07) is 0. The van der Waals surface area contributed by atoms with Gasteiger partial charge in [-0.05, 0) is 32.6 Å². The van der Waals surface area contributed by atoms with Crippen LogP contribution < -0.4 is 16.2 Å². The Morgan fingerprint density at radius 3 is 2.31 bits per heavy atom. The van der Waals surface area contributed by atoms with Crippen molar-refractivity contribution in [2.75, 3.05) is 26.2 Å². The molecule has 0 saturated carbocycles. The Kier molecular flexibility index (Phi) is 11.0. The van der Waals surface area contributed by atoms with Gasteiger partial charge in [0.15, 0.2) is 0 Å². The van der Waals surface area contributed by atoms with Crippen LogP contribution in [0.1, 0.15) is 67.2 Å². The van der Waals surface area contributed by atoms with Gasteiger partial charge in [0.1, 0.15) is 0 Å². The molecule has 32 heavy (non-hydrogen) atoms. The number of hydrogen-bond donors (Lipinski definition) is 3. The molecule has 0 aliphatic carbocycles. The van der Waals surface area contributed by atoms with Crippen molar-refractivity contribution in [2.24, 2.45) is 11.3 Å². The molecular formula is C23H40N4O5. The predicted molar refractivity (Wildman–Crippen MR) is 122 cm³/mol. The van der Waals surface area contributed by atoms with Crippen LogP contribution in [0.3, 0.4) is 0 Å². The first-order valence-electron chi connectivity index (χ1n) is 11.4. The molecule has 1 unspecified atom stereocenters. The maximum atomic E-state index is 12.4. The second-order valence-corrected chi connectivity index (χ2v) is 9.60. The van der Waals surface area contributed by atoms with Gasteiger partial charge in [-0.25, -0.2) is 5.43 Å². The number of carbonyl (C=O) groups is 4. The zero-order valence-corrected chi connectivity index (χ0v) is 20.4. The van der Waals surface area contributed by atoms with E-state index in [1.807, 2.05) is 27.7 Å². The van der Waals surface area contributed by atoms with Crippen molar-refractivity contribution < 1.29 is 23.9 Å². The molecule has 1 atom stereocenters. The van der Waals surface area contributed by atoms with Crippen LogP contribution in [0.15, 0.2) is 12.2 Å². The maximum Gasteiger partial charge on any atom is 0.253 e. The van der Waals surface area contributed by atoms with Crippen LogP contribution >= 0.6 is 0 Å². The van der Waals surface area contributed by atoms with E-state index in [0.29, 0.717) is 31.9 Å². The topological polar surface area (TPSA) is 117 Å². The van der Waals surface area contributed by atoms with Gasteiger partial charge in [-0.15, -0.1) is 0 Å². The Balaban J connectivity index is 2.25. The number of rotatable bonds is 15. The summed E-state index contributed by atoms with van der Waals surface area (Å²) in [5.41, 5.74) is 4.72. The monoisotopic (exact) mass is 452 g/mol. The third kappa shape index (κ3) is 9.91. The zero-order chi connectivity index (χ0) is 24.4. The van der Waals surface area contributed by atoms with E-state index >= 15 is 0 Å². The number of amides is 4. The van der Waals surface area contributed by atoms with Crippen molar-refractivity contribution in [2.45, 2.75) is 72.8 Å². The second kappa shape index (κ2) is 12.7. The predicted octanol–water partition coefficient (Wildman–Crippen LogP) is 1.69. The third-order valence-corrected chi connectivity index (χ3v) is 5.70. The highest BCUT2D eigenvalue weighted by Crippen LogP contribution is 2.23. The molecule has 1 rings (SSSR count). The molecule has 3 N–H and O–H groups in total. The van der Waals surface area contributed by atoms with E-state index in [0.717, 1.165) is 17.9 Å². The number of carbonyl (C=O) groups excluding carboxylic acids is 4. The molecule has 0 bridgehead atoms. The number of hydrogen-bond acceptors (Lipinski definition) is 6. The summed E-state index contributed by atoms with van der Waals surface area (Å²) >= 11 is 0. The van der Waals surface area contributed by atoms with E-state index in [-0.39, 0.29) is 36.6 Å². The minimum atomic E-state index is -0.577. The van der Waals surface area contributed by atoms with E-state index in [1.165, 1.54) is 12.2 Å². The van der Waals surface area contributed by atoms with Crippen LogP contribution in [0, 0.1) is 11.3 Å². The summed E-state index contributed by atoms with van der Waals surface area (Å²) in [4.78, 5) is 48.4. The van der Waals surface area contributed by atoms with Gasteiger partial charge in [-0.2, -0.15) is 0 Å². The molecule has 182 valence electrons. The molecule has 0 aromatic carbocycles. The average molecular weight is 453 g/mol. The minimum absolute atomic E-state index is 0.0643. The second-order valence-electron chi connectivity index (χ2n) is 9.60. The van der Waals surface area contributed by atoms with Crippen LogP contribution in [0.2, 0.25) is 0 Å². The van der Waals surface area contributed by atoms with Gasteiger partial charge in [0.05, 0.1) is 5.60 Å². The van der Waals surface area contributed by atoms with Crippen molar-refractivity contribution in [3.05, 3.63) is 12.2 Å². The first kappa shape index (κ1) is 27.8. The fourth-order valence-corrected chi connectivity index (χ4v) is 2.84. The van der Waals surface area contributed by atoms with Gasteiger partial charge in [0, 0.05) is 50.2 Å². The normalized spacial score (nSPS) is 15.2. The summed E-state index contributed by atoms with van der Waals surface area (Å²) in [5, 5.41) is 2.79. The number of nitrogens with zero attached hydrogens (tertiary/aromatic N) is 1. The zero-order valence-electron chi connectivity index (χ0n) is 20.4. The van der Waals surface area contributed by atoms with Gasteiger partial charge in [0.2, 0.25) is 11.8 Å².